The van der Waals surface area contributed by atoms with E-state index in [4.69, 9.17) is 0 Å². The zero-order chi connectivity index (χ0) is 6.53. The van der Waals surface area contributed by atoms with Crippen molar-refractivity contribution < 1.29 is 0 Å². The third kappa shape index (κ3) is 2.50. The van der Waals surface area contributed by atoms with Crippen molar-refractivity contribution in [1.29, 1.82) is 0 Å². The molecular weight excluding hydrogens is 108 g/mol. The Morgan fingerprint density at radius 3 is 2.78 bits per heavy atom. The van der Waals surface area contributed by atoms with E-state index >= 15 is 0 Å². The Balaban J connectivity index is 2.41. The first-order valence-corrected chi connectivity index (χ1v) is 3.70. The van der Waals surface area contributed by atoms with Crippen LogP contribution in [0.3, 0.4) is 0 Å². The van der Waals surface area contributed by atoms with Crippen molar-refractivity contribution in [3.8, 4) is 0 Å². The number of hydrogen-bond donors (Lipinski definition) is 0. The Hall–Kier alpha value is -0.520. The molecule has 0 aromatic carbocycles. The second-order valence-electron chi connectivity index (χ2n) is 2.64. The van der Waals surface area contributed by atoms with E-state index in [-0.39, 0.29) is 0 Å². The summed E-state index contributed by atoms with van der Waals surface area (Å²) in [7, 11) is 0. The van der Waals surface area contributed by atoms with E-state index < -0.39 is 0 Å². The quantitative estimate of drug-likeness (QED) is 0.433. The molecule has 0 heterocycles. The van der Waals surface area contributed by atoms with Crippen LogP contribution in [0.1, 0.15) is 32.6 Å². The molecular formula is C9H14. The van der Waals surface area contributed by atoms with Gasteiger partial charge in [-0.3, -0.25) is 0 Å². The van der Waals surface area contributed by atoms with Gasteiger partial charge in [0.05, 0.1) is 0 Å². The molecule has 0 spiro atoms. The van der Waals surface area contributed by atoms with Crippen LogP contribution in [0.4, 0.5) is 0 Å². The zero-order valence-corrected chi connectivity index (χ0v) is 6.06. The van der Waals surface area contributed by atoms with Crippen molar-refractivity contribution in [3.63, 3.8) is 0 Å². The van der Waals surface area contributed by atoms with E-state index in [1.54, 1.807) is 5.57 Å². The SMILES string of the molecule is C/C1=C/CC/C=C\CC1. The summed E-state index contributed by atoms with van der Waals surface area (Å²) in [5.41, 5.74) is 1.55. The summed E-state index contributed by atoms with van der Waals surface area (Å²) in [6.45, 7) is 2.22. The lowest BCUT2D eigenvalue weighted by Gasteiger charge is -2.00. The van der Waals surface area contributed by atoms with E-state index in [2.05, 4.69) is 25.2 Å². The number of allylic oxidation sites excluding steroid dienone is 4. The van der Waals surface area contributed by atoms with Crippen LogP contribution in [0.2, 0.25) is 0 Å². The van der Waals surface area contributed by atoms with Gasteiger partial charge in [0.2, 0.25) is 0 Å². The average molecular weight is 122 g/mol. The molecule has 0 aromatic rings. The van der Waals surface area contributed by atoms with Gasteiger partial charge in [0, 0.05) is 0 Å². The Morgan fingerprint density at radius 2 is 1.89 bits per heavy atom. The highest BCUT2D eigenvalue weighted by Crippen LogP contribution is 2.10. The van der Waals surface area contributed by atoms with E-state index in [9.17, 15) is 0 Å². The molecule has 1 aliphatic carbocycles. The maximum absolute atomic E-state index is 2.35. The molecule has 1 rings (SSSR count). The lowest BCUT2D eigenvalue weighted by atomic mass is 10.1. The topological polar surface area (TPSA) is 0 Å². The fourth-order valence-corrected chi connectivity index (χ4v) is 1.07. The highest BCUT2D eigenvalue weighted by atomic mass is 14.0. The molecule has 0 heteroatoms. The van der Waals surface area contributed by atoms with E-state index in [1.807, 2.05) is 0 Å². The third-order valence-corrected chi connectivity index (χ3v) is 1.70. The number of hydrogen-bond acceptors (Lipinski definition) is 0. The average Bonchev–Trinajstić information content (AvgIpc) is 1.79. The second-order valence-corrected chi connectivity index (χ2v) is 2.64. The molecule has 0 saturated heterocycles. The molecule has 0 unspecified atom stereocenters. The van der Waals surface area contributed by atoms with Gasteiger partial charge in [0.15, 0.2) is 0 Å². The molecule has 0 aliphatic heterocycles. The van der Waals surface area contributed by atoms with Crippen LogP contribution in [0, 0.1) is 0 Å². The minimum atomic E-state index is 1.23. The lowest BCUT2D eigenvalue weighted by molar-refractivity contribution is 0.911. The predicted octanol–water partition coefficient (Wildman–Crippen LogP) is 3.06. The van der Waals surface area contributed by atoms with Crippen molar-refractivity contribution >= 4 is 0 Å². The predicted molar refractivity (Wildman–Crippen MR) is 41.4 cm³/mol. The molecule has 0 radical (unpaired) electrons. The standard InChI is InChI=1S/C9H14/c1-9-7-5-3-2-4-6-8-9/h2-3,8H,4-7H2,1H3/b3-2-,9-8-. The van der Waals surface area contributed by atoms with Crippen LogP contribution in [0.5, 0.6) is 0 Å². The minimum Gasteiger partial charge on any atom is -0.0882 e. The van der Waals surface area contributed by atoms with Crippen molar-refractivity contribution in [1.82, 2.24) is 0 Å². The van der Waals surface area contributed by atoms with E-state index in [1.165, 1.54) is 25.7 Å². The Bertz CT molecular complexity index is 129. The largest absolute Gasteiger partial charge is 0.0882 e. The summed E-state index contributed by atoms with van der Waals surface area (Å²) in [6.07, 6.45) is 11.9. The lowest BCUT2D eigenvalue weighted by Crippen LogP contribution is -1.79. The van der Waals surface area contributed by atoms with Crippen molar-refractivity contribution in [2.45, 2.75) is 32.6 Å². The van der Waals surface area contributed by atoms with Gasteiger partial charge in [-0.1, -0.05) is 23.8 Å². The Morgan fingerprint density at radius 1 is 1.11 bits per heavy atom. The van der Waals surface area contributed by atoms with Crippen LogP contribution >= 0.6 is 0 Å². The first-order chi connectivity index (χ1) is 4.39. The van der Waals surface area contributed by atoms with Gasteiger partial charge in [-0.25, -0.2) is 0 Å². The summed E-state index contributed by atoms with van der Waals surface area (Å²) in [4.78, 5) is 0. The Labute approximate surface area is 57.3 Å². The molecule has 0 aromatic heterocycles. The maximum Gasteiger partial charge on any atom is -0.0288 e. The second kappa shape index (κ2) is 3.49. The van der Waals surface area contributed by atoms with E-state index in [0.29, 0.717) is 0 Å². The van der Waals surface area contributed by atoms with Gasteiger partial charge in [0.25, 0.3) is 0 Å². The summed E-state index contributed by atoms with van der Waals surface area (Å²) >= 11 is 0. The third-order valence-electron chi connectivity index (χ3n) is 1.70. The van der Waals surface area contributed by atoms with Gasteiger partial charge in [-0.2, -0.15) is 0 Å². The highest BCUT2D eigenvalue weighted by Gasteiger charge is 1.90. The van der Waals surface area contributed by atoms with Gasteiger partial charge < -0.3 is 0 Å². The maximum atomic E-state index is 2.35. The van der Waals surface area contributed by atoms with Crippen LogP contribution in [0.15, 0.2) is 23.8 Å². The molecule has 0 fully saturated rings. The van der Waals surface area contributed by atoms with Crippen molar-refractivity contribution in [3.05, 3.63) is 23.8 Å². The minimum absolute atomic E-state index is 1.23. The van der Waals surface area contributed by atoms with Gasteiger partial charge >= 0.3 is 0 Å². The summed E-state index contributed by atoms with van der Waals surface area (Å²) < 4.78 is 0. The normalized spacial score (nSPS) is 29.7. The fraction of sp³-hybridized carbons (Fsp3) is 0.556. The Kier molecular flexibility index (Phi) is 2.56. The first kappa shape index (κ1) is 6.60. The van der Waals surface area contributed by atoms with Gasteiger partial charge in [-0.15, -0.1) is 0 Å². The van der Waals surface area contributed by atoms with Crippen LogP contribution in [-0.2, 0) is 0 Å². The van der Waals surface area contributed by atoms with E-state index in [0.717, 1.165) is 0 Å². The molecule has 0 saturated carbocycles. The van der Waals surface area contributed by atoms with Crippen molar-refractivity contribution in [2.75, 3.05) is 0 Å². The molecule has 9 heavy (non-hydrogen) atoms. The summed E-state index contributed by atoms with van der Waals surface area (Å²) in [5, 5.41) is 0. The monoisotopic (exact) mass is 122 g/mol. The molecule has 0 amide bonds. The highest BCUT2D eigenvalue weighted by molar-refractivity contribution is 5.03. The molecule has 0 nitrogen and oxygen atoms in total. The number of rotatable bonds is 0. The van der Waals surface area contributed by atoms with Crippen LogP contribution in [-0.4, -0.2) is 0 Å². The molecule has 0 N–H and O–H groups in total. The molecule has 50 valence electrons. The first-order valence-electron chi connectivity index (χ1n) is 3.70. The molecule has 1 aliphatic rings. The fourth-order valence-electron chi connectivity index (χ4n) is 1.07. The zero-order valence-electron chi connectivity index (χ0n) is 6.06. The van der Waals surface area contributed by atoms with Crippen LogP contribution < -0.4 is 0 Å². The van der Waals surface area contributed by atoms with Crippen LogP contribution in [0.25, 0.3) is 0 Å². The van der Waals surface area contributed by atoms with Gasteiger partial charge in [-0.05, 0) is 32.6 Å². The molecule has 0 atom stereocenters. The summed E-state index contributed by atoms with van der Waals surface area (Å²) in [5.74, 6) is 0. The molecule has 0 bridgehead atoms. The van der Waals surface area contributed by atoms with Crippen molar-refractivity contribution in [2.24, 2.45) is 0 Å². The summed E-state index contributed by atoms with van der Waals surface area (Å²) in [6, 6.07) is 0. The van der Waals surface area contributed by atoms with Gasteiger partial charge in [0.1, 0.15) is 0 Å². The smallest absolute Gasteiger partial charge is 0.0288 e.